The fourth-order valence-corrected chi connectivity index (χ4v) is 3.57. The summed E-state index contributed by atoms with van der Waals surface area (Å²) in [6.45, 7) is 3.45. The van der Waals surface area contributed by atoms with Crippen LogP contribution in [0, 0.1) is 11.6 Å². The summed E-state index contributed by atoms with van der Waals surface area (Å²) in [5.41, 5.74) is 0.460. The lowest BCUT2D eigenvalue weighted by Gasteiger charge is -2.24. The molecule has 228 valence electrons. The quantitative estimate of drug-likeness (QED) is 0.126. The van der Waals surface area contributed by atoms with Crippen molar-refractivity contribution in [1.82, 2.24) is 10.6 Å². The third-order valence-electron chi connectivity index (χ3n) is 5.45. The number of amides is 1. The molecule has 15 heteroatoms. The minimum absolute atomic E-state index is 0.00120. The number of hydrogen-bond donors (Lipinski definition) is 5. The number of allylic oxidation sites excluding steroid dienone is 1. The van der Waals surface area contributed by atoms with Crippen LogP contribution >= 0.6 is 0 Å². The molecule has 0 bridgehead atoms. The second-order valence-electron chi connectivity index (χ2n) is 8.70. The molecule has 0 aliphatic rings. The second kappa shape index (κ2) is 15.9. The first kappa shape index (κ1) is 35.3. The van der Waals surface area contributed by atoms with Gasteiger partial charge in [0, 0.05) is 19.2 Å². The summed E-state index contributed by atoms with van der Waals surface area (Å²) in [7, 11) is 0. The summed E-state index contributed by atoms with van der Waals surface area (Å²) >= 11 is 0. The maximum absolute atomic E-state index is 13.5. The molecule has 2 rings (SSSR count). The number of aliphatic hydroxyl groups is 1. The first-order valence-electron chi connectivity index (χ1n) is 11.9. The van der Waals surface area contributed by atoms with Crippen LogP contribution in [0.1, 0.15) is 35.1 Å². The van der Waals surface area contributed by atoms with Crippen LogP contribution < -0.4 is 10.6 Å². The van der Waals surface area contributed by atoms with E-state index < -0.39 is 53.8 Å². The molecular formula is C26H28F8N2O5. The predicted octanol–water partition coefficient (Wildman–Crippen LogP) is 5.46. The van der Waals surface area contributed by atoms with Crippen molar-refractivity contribution < 1.29 is 60.0 Å². The smallest absolute Gasteiger partial charge is 0.475 e. The first-order chi connectivity index (χ1) is 18.9. The fourth-order valence-electron chi connectivity index (χ4n) is 3.57. The zero-order chi connectivity index (χ0) is 31.4. The highest BCUT2D eigenvalue weighted by molar-refractivity contribution is 5.73. The molecule has 5 N–H and O–H groups in total. The number of aryl methyl sites for hydroxylation is 1. The van der Waals surface area contributed by atoms with Gasteiger partial charge in [-0.3, -0.25) is 0 Å². The molecule has 0 aliphatic carbocycles. The van der Waals surface area contributed by atoms with Crippen LogP contribution in [0.4, 0.5) is 39.9 Å². The molecule has 1 amide bonds. The SMILES string of the molecule is C=CCCCc1ccc(C(F)(F)F)cc1CNC[C@@H](O)[C@H](Cc1cc(F)cc(F)c1)NC(=O)O.O=C(O)C(F)(F)F. The van der Waals surface area contributed by atoms with Crippen LogP contribution in [-0.2, 0) is 30.4 Å². The Morgan fingerprint density at radius 2 is 1.54 bits per heavy atom. The van der Waals surface area contributed by atoms with E-state index in [-0.39, 0.29) is 25.1 Å². The number of aliphatic carboxylic acids is 1. The molecule has 7 nitrogen and oxygen atoms in total. The standard InChI is InChI=1S/C24H27F5N2O3.C2HF3O2/c1-2-3-4-5-16-6-7-18(24(27,28)29)11-17(16)13-30-14-22(32)21(31-23(33)34)10-15-8-19(25)12-20(26)9-15;3-2(4,5)1(6)7/h2,6-9,11-12,21-22,30-32H,1,3-5,10,13-14H2,(H,33,34);(H,6,7)/t21-,22+;/m0./s1. The van der Waals surface area contributed by atoms with Crippen LogP contribution in [0.3, 0.4) is 0 Å². The van der Waals surface area contributed by atoms with Crippen LogP contribution in [-0.4, -0.2) is 52.2 Å². The van der Waals surface area contributed by atoms with Gasteiger partial charge in [0.05, 0.1) is 17.7 Å². The van der Waals surface area contributed by atoms with Gasteiger partial charge in [-0.05, 0) is 66.6 Å². The molecule has 0 spiro atoms. The Morgan fingerprint density at radius 3 is 2.02 bits per heavy atom. The first-order valence-corrected chi connectivity index (χ1v) is 11.9. The molecule has 2 aromatic rings. The van der Waals surface area contributed by atoms with Gasteiger partial charge in [-0.2, -0.15) is 26.3 Å². The number of alkyl halides is 6. The molecule has 0 heterocycles. The molecule has 0 aromatic heterocycles. The Bertz CT molecular complexity index is 1150. The highest BCUT2D eigenvalue weighted by atomic mass is 19.4. The van der Waals surface area contributed by atoms with E-state index in [1.54, 1.807) is 6.08 Å². The molecule has 0 radical (unpaired) electrons. The van der Waals surface area contributed by atoms with Crippen molar-refractivity contribution in [3.63, 3.8) is 0 Å². The third kappa shape index (κ3) is 13.5. The average molecular weight is 601 g/mol. The highest BCUT2D eigenvalue weighted by Crippen LogP contribution is 2.31. The summed E-state index contributed by atoms with van der Waals surface area (Å²) in [5, 5.41) is 31.7. The number of rotatable bonds is 12. The van der Waals surface area contributed by atoms with Crippen LogP contribution in [0.2, 0.25) is 0 Å². The van der Waals surface area contributed by atoms with Crippen LogP contribution in [0.25, 0.3) is 0 Å². The number of halogens is 8. The molecule has 0 aliphatic heterocycles. The fraction of sp³-hybridized carbons (Fsp3) is 0.385. The van der Waals surface area contributed by atoms with Gasteiger partial charge in [-0.1, -0.05) is 12.1 Å². The maximum atomic E-state index is 13.5. The van der Waals surface area contributed by atoms with E-state index in [1.807, 2.05) is 0 Å². The molecular weight excluding hydrogens is 572 g/mol. The zero-order valence-corrected chi connectivity index (χ0v) is 21.3. The minimum atomic E-state index is -5.08. The van der Waals surface area contributed by atoms with Gasteiger partial charge < -0.3 is 26.0 Å². The van der Waals surface area contributed by atoms with Crippen molar-refractivity contribution in [2.24, 2.45) is 0 Å². The molecule has 0 saturated heterocycles. The number of carboxylic acid groups (broad SMARTS) is 2. The number of hydrogen-bond acceptors (Lipinski definition) is 4. The van der Waals surface area contributed by atoms with Crippen molar-refractivity contribution in [3.05, 3.63) is 82.9 Å². The molecule has 0 unspecified atom stereocenters. The summed E-state index contributed by atoms with van der Waals surface area (Å²) < 4.78 is 98.1. The molecule has 0 saturated carbocycles. The normalized spacial score (nSPS) is 13.0. The van der Waals surface area contributed by atoms with Gasteiger partial charge >= 0.3 is 24.4 Å². The van der Waals surface area contributed by atoms with Gasteiger partial charge in [-0.15, -0.1) is 6.58 Å². The predicted molar refractivity (Wildman–Crippen MR) is 131 cm³/mol. The van der Waals surface area contributed by atoms with E-state index >= 15 is 0 Å². The number of benzene rings is 2. The van der Waals surface area contributed by atoms with Gasteiger partial charge in [0.1, 0.15) is 11.6 Å². The summed E-state index contributed by atoms with van der Waals surface area (Å²) in [4.78, 5) is 20.0. The topological polar surface area (TPSA) is 119 Å². The number of nitrogens with one attached hydrogen (secondary N) is 2. The highest BCUT2D eigenvalue weighted by Gasteiger charge is 2.38. The van der Waals surface area contributed by atoms with E-state index in [2.05, 4.69) is 17.2 Å². The number of carboxylic acids is 1. The Kier molecular flexibility index (Phi) is 13.7. The minimum Gasteiger partial charge on any atom is -0.475 e. The molecule has 2 aromatic carbocycles. The summed E-state index contributed by atoms with van der Waals surface area (Å²) in [5.74, 6) is -4.44. The van der Waals surface area contributed by atoms with Crippen molar-refractivity contribution in [1.29, 1.82) is 0 Å². The third-order valence-corrected chi connectivity index (χ3v) is 5.45. The number of carbonyl (C=O) groups is 2. The van der Waals surface area contributed by atoms with E-state index in [9.17, 15) is 45.0 Å². The Balaban J connectivity index is 0.00000106. The second-order valence-corrected chi connectivity index (χ2v) is 8.70. The van der Waals surface area contributed by atoms with Crippen LogP contribution in [0.5, 0.6) is 0 Å². The van der Waals surface area contributed by atoms with Crippen molar-refractivity contribution in [2.45, 2.75) is 56.7 Å². The van der Waals surface area contributed by atoms with Crippen molar-refractivity contribution in [2.75, 3.05) is 6.54 Å². The van der Waals surface area contributed by atoms with Crippen molar-refractivity contribution in [3.8, 4) is 0 Å². The number of unbranched alkanes of at least 4 members (excludes halogenated alkanes) is 1. The van der Waals surface area contributed by atoms with Crippen molar-refractivity contribution >= 4 is 12.1 Å². The van der Waals surface area contributed by atoms with E-state index in [1.165, 1.54) is 6.07 Å². The number of aliphatic hydroxyl groups excluding tert-OH is 1. The van der Waals surface area contributed by atoms with Gasteiger partial charge in [-0.25, -0.2) is 18.4 Å². The Hall–Kier alpha value is -3.72. The lowest BCUT2D eigenvalue weighted by Crippen LogP contribution is -2.48. The largest absolute Gasteiger partial charge is 0.490 e. The van der Waals surface area contributed by atoms with Gasteiger partial charge in [0.2, 0.25) is 0 Å². The van der Waals surface area contributed by atoms with E-state index in [0.29, 0.717) is 36.5 Å². The molecule has 2 atom stereocenters. The van der Waals surface area contributed by atoms with Gasteiger partial charge in [0.15, 0.2) is 0 Å². The van der Waals surface area contributed by atoms with E-state index in [0.717, 1.165) is 24.3 Å². The summed E-state index contributed by atoms with van der Waals surface area (Å²) in [6.07, 6.45) is -8.88. The van der Waals surface area contributed by atoms with E-state index in [4.69, 9.17) is 15.0 Å². The summed E-state index contributed by atoms with van der Waals surface area (Å²) in [6, 6.07) is 5.10. The van der Waals surface area contributed by atoms with Gasteiger partial charge in [0.25, 0.3) is 0 Å². The average Bonchev–Trinajstić information content (AvgIpc) is 2.82. The zero-order valence-electron chi connectivity index (χ0n) is 21.3. The lowest BCUT2D eigenvalue weighted by molar-refractivity contribution is -0.192. The molecule has 0 fully saturated rings. The molecule has 41 heavy (non-hydrogen) atoms. The van der Waals surface area contributed by atoms with Crippen LogP contribution in [0.15, 0.2) is 49.1 Å². The lowest BCUT2D eigenvalue weighted by atomic mass is 9.98. The Labute approximate surface area is 229 Å². The maximum Gasteiger partial charge on any atom is 0.490 e. The Morgan fingerprint density at radius 1 is 0.951 bits per heavy atom. The monoisotopic (exact) mass is 600 g/mol.